The Bertz CT molecular complexity index is 818. The van der Waals surface area contributed by atoms with Gasteiger partial charge in [0.1, 0.15) is 18.1 Å². The topological polar surface area (TPSA) is 71.0 Å². The zero-order valence-corrected chi connectivity index (χ0v) is 14.6. The van der Waals surface area contributed by atoms with Gasteiger partial charge in [-0.05, 0) is 36.8 Å². The summed E-state index contributed by atoms with van der Waals surface area (Å²) < 4.78 is 5.55. The molecule has 0 spiro atoms. The van der Waals surface area contributed by atoms with E-state index < -0.39 is 0 Å². The Morgan fingerprint density at radius 1 is 1.15 bits per heavy atom. The minimum atomic E-state index is -0.271. The molecule has 3 rings (SSSR count). The van der Waals surface area contributed by atoms with Crippen molar-refractivity contribution in [3.05, 3.63) is 60.2 Å². The van der Waals surface area contributed by atoms with Crippen molar-refractivity contribution in [2.24, 2.45) is 5.10 Å². The van der Waals surface area contributed by atoms with Gasteiger partial charge in [-0.2, -0.15) is 5.10 Å². The molecule has 0 saturated carbocycles. The second-order valence-corrected chi connectivity index (χ2v) is 6.01. The molecule has 6 nitrogen and oxygen atoms in total. The molecule has 0 saturated heterocycles. The van der Waals surface area contributed by atoms with Crippen molar-refractivity contribution in [3.8, 4) is 5.75 Å². The molecule has 0 radical (unpaired) electrons. The number of carbonyl (C=O) groups excluding carboxylic acids is 2. The van der Waals surface area contributed by atoms with Gasteiger partial charge >= 0.3 is 0 Å². The summed E-state index contributed by atoms with van der Waals surface area (Å²) in [6.07, 6.45) is 0.604. The van der Waals surface area contributed by atoms with Crippen LogP contribution in [0.15, 0.2) is 59.7 Å². The first kappa shape index (κ1) is 17.7. The van der Waals surface area contributed by atoms with Crippen LogP contribution in [-0.4, -0.2) is 30.7 Å². The van der Waals surface area contributed by atoms with Crippen molar-refractivity contribution in [2.75, 3.05) is 18.2 Å². The fraction of sp³-hybridized carbons (Fsp3) is 0.250. The van der Waals surface area contributed by atoms with Crippen molar-refractivity contribution < 1.29 is 14.3 Å². The van der Waals surface area contributed by atoms with Crippen LogP contribution < -0.4 is 15.1 Å². The molecule has 0 aliphatic carbocycles. The van der Waals surface area contributed by atoms with Gasteiger partial charge in [0.2, 0.25) is 5.91 Å². The number of carbonyl (C=O) groups is 2. The molecule has 26 heavy (non-hydrogen) atoms. The van der Waals surface area contributed by atoms with E-state index in [4.69, 9.17) is 4.74 Å². The summed E-state index contributed by atoms with van der Waals surface area (Å²) in [5.41, 5.74) is 2.05. The van der Waals surface area contributed by atoms with Crippen molar-refractivity contribution in [1.29, 1.82) is 0 Å². The summed E-state index contributed by atoms with van der Waals surface area (Å²) in [7, 11) is 0. The van der Waals surface area contributed by atoms with Gasteiger partial charge in [0.05, 0.1) is 12.2 Å². The minimum absolute atomic E-state index is 0.112. The van der Waals surface area contributed by atoms with Gasteiger partial charge in [-0.3, -0.25) is 9.59 Å². The van der Waals surface area contributed by atoms with Crippen molar-refractivity contribution in [3.63, 3.8) is 0 Å². The molecular weight excluding hydrogens is 330 g/mol. The normalized spacial score (nSPS) is 14.0. The van der Waals surface area contributed by atoms with E-state index in [0.717, 1.165) is 11.3 Å². The molecule has 134 valence electrons. The monoisotopic (exact) mass is 351 g/mol. The van der Waals surface area contributed by atoms with Gasteiger partial charge in [0.15, 0.2) is 0 Å². The number of hydrogen-bond donors (Lipinski definition) is 1. The average Bonchev–Trinajstić information content (AvgIpc) is 2.66. The number of nitrogens with one attached hydrogen (secondary N) is 1. The molecule has 0 aromatic heterocycles. The summed E-state index contributed by atoms with van der Waals surface area (Å²) >= 11 is 0. The number of ether oxygens (including phenoxy) is 1. The van der Waals surface area contributed by atoms with Gasteiger partial charge in [-0.25, -0.2) is 5.01 Å². The largest absolute Gasteiger partial charge is 0.492 e. The summed E-state index contributed by atoms with van der Waals surface area (Å²) in [5.74, 6) is 0.374. The van der Waals surface area contributed by atoms with Gasteiger partial charge < -0.3 is 10.1 Å². The molecule has 1 N–H and O–H groups in total. The van der Waals surface area contributed by atoms with Crippen LogP contribution in [0.1, 0.15) is 18.4 Å². The van der Waals surface area contributed by atoms with E-state index in [1.807, 2.05) is 61.5 Å². The number of amides is 2. The maximum atomic E-state index is 12.3. The van der Waals surface area contributed by atoms with Gasteiger partial charge in [0, 0.05) is 12.8 Å². The number of hydrazone groups is 1. The lowest BCUT2D eigenvalue weighted by Gasteiger charge is -2.23. The number of benzene rings is 2. The van der Waals surface area contributed by atoms with E-state index >= 15 is 0 Å². The van der Waals surface area contributed by atoms with Crippen LogP contribution in [0.5, 0.6) is 5.75 Å². The van der Waals surface area contributed by atoms with Crippen LogP contribution in [0.2, 0.25) is 0 Å². The minimum Gasteiger partial charge on any atom is -0.492 e. The Kier molecular flexibility index (Phi) is 5.63. The molecule has 2 aromatic rings. The fourth-order valence-electron chi connectivity index (χ4n) is 2.63. The lowest BCUT2D eigenvalue weighted by Crippen LogP contribution is -2.40. The molecular formula is C20H21N3O3. The average molecular weight is 351 g/mol. The second kappa shape index (κ2) is 8.29. The highest BCUT2D eigenvalue weighted by Crippen LogP contribution is 2.21. The quantitative estimate of drug-likeness (QED) is 0.814. The molecule has 2 aromatic carbocycles. The van der Waals surface area contributed by atoms with E-state index in [1.54, 1.807) is 0 Å². The molecule has 0 unspecified atom stereocenters. The van der Waals surface area contributed by atoms with Crippen LogP contribution in [-0.2, 0) is 9.59 Å². The van der Waals surface area contributed by atoms with Crippen molar-refractivity contribution in [1.82, 2.24) is 5.32 Å². The highest BCUT2D eigenvalue weighted by atomic mass is 16.5. The standard InChI is InChI=1S/C20H21N3O3/c1-15-6-5-7-16(14-15)23-19(24)11-10-18(22-23)20(25)21-12-13-26-17-8-3-2-4-9-17/h2-9,14H,10-13H2,1H3,(H,21,25). The Morgan fingerprint density at radius 2 is 1.96 bits per heavy atom. The third kappa shape index (κ3) is 4.47. The van der Waals surface area contributed by atoms with Crippen LogP contribution >= 0.6 is 0 Å². The van der Waals surface area contributed by atoms with Crippen LogP contribution in [0.4, 0.5) is 5.69 Å². The first-order chi connectivity index (χ1) is 12.6. The second-order valence-electron chi connectivity index (χ2n) is 6.01. The smallest absolute Gasteiger partial charge is 0.267 e. The van der Waals surface area contributed by atoms with Crippen LogP contribution in [0.3, 0.4) is 0 Å². The van der Waals surface area contributed by atoms with Gasteiger partial charge in [0.25, 0.3) is 5.91 Å². The molecule has 1 heterocycles. The summed E-state index contributed by atoms with van der Waals surface area (Å²) in [6.45, 7) is 2.68. The van der Waals surface area contributed by atoms with E-state index in [1.165, 1.54) is 5.01 Å². The number of anilines is 1. The molecule has 0 atom stereocenters. The molecule has 1 aliphatic rings. The Morgan fingerprint density at radius 3 is 2.73 bits per heavy atom. The molecule has 0 fully saturated rings. The highest BCUT2D eigenvalue weighted by molar-refractivity contribution is 6.40. The molecule has 2 amide bonds. The maximum Gasteiger partial charge on any atom is 0.267 e. The Balaban J connectivity index is 1.58. The summed E-state index contributed by atoms with van der Waals surface area (Å²) in [6, 6.07) is 16.9. The molecule has 0 bridgehead atoms. The number of hydrogen-bond acceptors (Lipinski definition) is 4. The molecule has 1 aliphatic heterocycles. The lowest BCUT2D eigenvalue weighted by molar-refractivity contribution is -0.118. The van der Waals surface area contributed by atoms with Crippen LogP contribution in [0.25, 0.3) is 0 Å². The van der Waals surface area contributed by atoms with E-state index in [2.05, 4.69) is 10.4 Å². The zero-order valence-electron chi connectivity index (χ0n) is 14.6. The van der Waals surface area contributed by atoms with E-state index in [0.29, 0.717) is 31.0 Å². The SMILES string of the molecule is Cc1cccc(N2N=C(C(=O)NCCOc3ccccc3)CCC2=O)c1. The first-order valence-corrected chi connectivity index (χ1v) is 8.56. The third-order valence-electron chi connectivity index (χ3n) is 3.94. The van der Waals surface area contributed by atoms with E-state index in [-0.39, 0.29) is 18.2 Å². The fourth-order valence-corrected chi connectivity index (χ4v) is 2.63. The predicted molar refractivity (Wildman–Crippen MR) is 100 cm³/mol. The van der Waals surface area contributed by atoms with Crippen molar-refractivity contribution in [2.45, 2.75) is 19.8 Å². The zero-order chi connectivity index (χ0) is 18.4. The molecule has 6 heteroatoms. The first-order valence-electron chi connectivity index (χ1n) is 8.56. The highest BCUT2D eigenvalue weighted by Gasteiger charge is 2.25. The summed E-state index contributed by atoms with van der Waals surface area (Å²) in [4.78, 5) is 24.5. The van der Waals surface area contributed by atoms with Gasteiger partial charge in [-0.15, -0.1) is 0 Å². The number of nitrogens with zero attached hydrogens (tertiary/aromatic N) is 2. The third-order valence-corrected chi connectivity index (χ3v) is 3.94. The number of para-hydroxylation sites is 1. The predicted octanol–water partition coefficient (Wildman–Crippen LogP) is 2.67. The number of rotatable bonds is 6. The van der Waals surface area contributed by atoms with E-state index in [9.17, 15) is 9.59 Å². The Hall–Kier alpha value is -3.15. The lowest BCUT2D eigenvalue weighted by atomic mass is 10.1. The Labute approximate surface area is 152 Å². The maximum absolute atomic E-state index is 12.3. The van der Waals surface area contributed by atoms with Crippen molar-refractivity contribution >= 4 is 23.2 Å². The number of aryl methyl sites for hydroxylation is 1. The van der Waals surface area contributed by atoms with Crippen LogP contribution in [0, 0.1) is 6.92 Å². The van der Waals surface area contributed by atoms with Gasteiger partial charge in [-0.1, -0.05) is 30.3 Å². The summed E-state index contributed by atoms with van der Waals surface area (Å²) in [5, 5.41) is 8.36.